The molecule has 1 atom stereocenters. The summed E-state index contributed by atoms with van der Waals surface area (Å²) in [5.74, 6) is 0. The van der Waals surface area contributed by atoms with Crippen LogP contribution in [-0.4, -0.2) is 18.1 Å². The summed E-state index contributed by atoms with van der Waals surface area (Å²) in [6, 6.07) is 5.91. The number of aliphatic hydroxyl groups is 1. The van der Waals surface area contributed by atoms with Gasteiger partial charge >= 0.3 is 29.6 Å². The minimum absolute atomic E-state index is 0. The van der Waals surface area contributed by atoms with Gasteiger partial charge in [-0.1, -0.05) is 12.1 Å². The fourth-order valence-corrected chi connectivity index (χ4v) is 1.40. The number of hydrogen-bond donors (Lipinski definition) is 2. The summed E-state index contributed by atoms with van der Waals surface area (Å²) < 4.78 is 32.7. The van der Waals surface area contributed by atoms with Gasteiger partial charge in [0.15, 0.2) is 10.3 Å². The van der Waals surface area contributed by atoms with Gasteiger partial charge in [-0.05, 0) is 24.6 Å². The summed E-state index contributed by atoms with van der Waals surface area (Å²) in [5.41, 5.74) is 0.836. The third-order valence-electron chi connectivity index (χ3n) is 1.64. The molecule has 1 unspecified atom stereocenters. The molecular weight excluding hydrogens is 229 g/mol. The van der Waals surface area contributed by atoms with Gasteiger partial charge in [-0.3, -0.25) is 4.72 Å². The molecule has 0 saturated heterocycles. The number of benzene rings is 1. The van der Waals surface area contributed by atoms with Crippen LogP contribution in [-0.2, 0) is 10.3 Å². The molecule has 1 aromatic carbocycles. The molecule has 15 heavy (non-hydrogen) atoms. The van der Waals surface area contributed by atoms with E-state index in [9.17, 15) is 13.0 Å². The zero-order chi connectivity index (χ0) is 10.8. The van der Waals surface area contributed by atoms with Crippen LogP contribution in [0.1, 0.15) is 18.6 Å². The van der Waals surface area contributed by atoms with E-state index in [0.29, 0.717) is 5.56 Å². The van der Waals surface area contributed by atoms with Crippen molar-refractivity contribution >= 4 is 16.0 Å². The van der Waals surface area contributed by atoms with Crippen molar-refractivity contribution in [1.82, 2.24) is 0 Å². The zero-order valence-electron chi connectivity index (χ0n) is 8.47. The molecule has 78 valence electrons. The molecule has 7 heteroatoms. The van der Waals surface area contributed by atoms with E-state index in [-0.39, 0.29) is 35.2 Å². The van der Waals surface area contributed by atoms with Crippen molar-refractivity contribution in [2.45, 2.75) is 13.0 Å². The molecule has 0 bridgehead atoms. The van der Waals surface area contributed by atoms with Gasteiger partial charge < -0.3 is 9.66 Å². The molecule has 0 aromatic heterocycles. The molecule has 0 aliphatic rings. The van der Waals surface area contributed by atoms with Crippen LogP contribution in [0.15, 0.2) is 24.3 Å². The summed E-state index contributed by atoms with van der Waals surface area (Å²) >= 11 is 0. The van der Waals surface area contributed by atoms with E-state index in [1.807, 2.05) is 0 Å². The van der Waals surface area contributed by atoms with Gasteiger partial charge in [-0.2, -0.15) is 0 Å². The van der Waals surface area contributed by atoms with Crippen LogP contribution in [0.2, 0.25) is 0 Å². The second-order valence-electron chi connectivity index (χ2n) is 2.85. The number of aliphatic hydroxyl groups excluding tert-OH is 1. The molecular formula is C8H10NNaO4S. The fourth-order valence-electron chi connectivity index (χ4n) is 0.974. The minimum Gasteiger partial charge on any atom is -0.731 e. The van der Waals surface area contributed by atoms with Crippen LogP contribution in [0.3, 0.4) is 0 Å². The van der Waals surface area contributed by atoms with Crippen LogP contribution in [0.25, 0.3) is 0 Å². The zero-order valence-corrected chi connectivity index (χ0v) is 11.3. The van der Waals surface area contributed by atoms with Gasteiger partial charge in [0.1, 0.15) is 0 Å². The number of anilines is 1. The number of nitrogens with one attached hydrogen (secondary N) is 1. The summed E-state index contributed by atoms with van der Waals surface area (Å²) in [4.78, 5) is 0. The van der Waals surface area contributed by atoms with Crippen LogP contribution in [0.4, 0.5) is 5.69 Å². The summed E-state index contributed by atoms with van der Waals surface area (Å²) in [6.07, 6.45) is -0.618. The van der Waals surface area contributed by atoms with Crippen molar-refractivity contribution in [3.8, 4) is 0 Å². The summed E-state index contributed by atoms with van der Waals surface area (Å²) in [5, 5.41) is 9.15. The largest absolute Gasteiger partial charge is 1.00 e. The fraction of sp³-hybridized carbons (Fsp3) is 0.250. The molecule has 0 aliphatic heterocycles. The summed E-state index contributed by atoms with van der Waals surface area (Å²) in [6.45, 7) is 1.59. The van der Waals surface area contributed by atoms with E-state index in [1.54, 1.807) is 11.6 Å². The van der Waals surface area contributed by atoms with Crippen LogP contribution < -0.4 is 34.3 Å². The van der Waals surface area contributed by atoms with E-state index in [1.165, 1.54) is 24.3 Å². The molecule has 0 aliphatic carbocycles. The Morgan fingerprint density at radius 1 is 1.33 bits per heavy atom. The van der Waals surface area contributed by atoms with Crippen molar-refractivity contribution in [3.63, 3.8) is 0 Å². The van der Waals surface area contributed by atoms with Crippen LogP contribution in [0.5, 0.6) is 0 Å². The van der Waals surface area contributed by atoms with Crippen molar-refractivity contribution in [3.05, 3.63) is 29.8 Å². The molecule has 1 aromatic rings. The van der Waals surface area contributed by atoms with E-state index in [4.69, 9.17) is 5.11 Å². The van der Waals surface area contributed by atoms with Gasteiger partial charge in [-0.25, -0.2) is 8.42 Å². The van der Waals surface area contributed by atoms with Crippen LogP contribution in [0, 0.1) is 0 Å². The third kappa shape index (κ3) is 5.50. The predicted molar refractivity (Wildman–Crippen MR) is 50.4 cm³/mol. The topological polar surface area (TPSA) is 89.5 Å². The maximum absolute atomic E-state index is 10.3. The van der Waals surface area contributed by atoms with Crippen molar-refractivity contribution < 1.29 is 47.6 Å². The maximum atomic E-state index is 10.3. The standard InChI is InChI=1S/C8H11NO4S.Na/c1-6(10)7-2-4-8(5-3-7)9-14(11,12)13;/h2-6,9-10H,1H3,(H,11,12,13);/q;+1/p-1. The van der Waals surface area contributed by atoms with Gasteiger partial charge in [0.25, 0.3) is 0 Å². The predicted octanol–water partition coefficient (Wildman–Crippen LogP) is -2.38. The van der Waals surface area contributed by atoms with Gasteiger partial charge in [-0.15, -0.1) is 0 Å². The van der Waals surface area contributed by atoms with Crippen molar-refractivity contribution in [2.24, 2.45) is 0 Å². The first kappa shape index (κ1) is 14.9. The Hall–Kier alpha value is -0.110. The Morgan fingerprint density at radius 3 is 2.13 bits per heavy atom. The first-order chi connectivity index (χ1) is 6.38. The second-order valence-corrected chi connectivity index (χ2v) is 3.97. The van der Waals surface area contributed by atoms with E-state index in [0.717, 1.165) is 0 Å². The molecule has 0 amide bonds. The monoisotopic (exact) mass is 239 g/mol. The quantitative estimate of drug-likeness (QED) is 0.455. The molecule has 0 saturated carbocycles. The molecule has 2 N–H and O–H groups in total. The van der Waals surface area contributed by atoms with Crippen LogP contribution >= 0.6 is 0 Å². The first-order valence-corrected chi connectivity index (χ1v) is 5.31. The van der Waals surface area contributed by atoms with E-state index < -0.39 is 16.4 Å². The van der Waals surface area contributed by atoms with Crippen molar-refractivity contribution in [1.29, 1.82) is 0 Å². The smallest absolute Gasteiger partial charge is 0.731 e. The van der Waals surface area contributed by atoms with Gasteiger partial charge in [0, 0.05) is 5.69 Å². The molecule has 0 radical (unpaired) electrons. The SMILES string of the molecule is CC(O)c1ccc(NS(=O)(=O)[O-])cc1.[Na+]. The second kappa shape index (κ2) is 5.83. The minimum atomic E-state index is -4.47. The normalized spacial score (nSPS) is 12.7. The summed E-state index contributed by atoms with van der Waals surface area (Å²) in [7, 11) is -4.47. The molecule has 1 rings (SSSR count). The Bertz CT molecular complexity index is 401. The van der Waals surface area contributed by atoms with E-state index in [2.05, 4.69) is 0 Å². The Kier molecular flexibility index (Phi) is 5.79. The molecule has 0 spiro atoms. The number of rotatable bonds is 3. The Balaban J connectivity index is 0.00000196. The average Bonchev–Trinajstić information content (AvgIpc) is 2.02. The Labute approximate surface area is 111 Å². The van der Waals surface area contributed by atoms with E-state index >= 15 is 0 Å². The molecule has 0 fully saturated rings. The van der Waals surface area contributed by atoms with Gasteiger partial charge in [0.2, 0.25) is 0 Å². The maximum Gasteiger partial charge on any atom is 1.00 e. The molecule has 5 nitrogen and oxygen atoms in total. The number of hydrogen-bond acceptors (Lipinski definition) is 4. The van der Waals surface area contributed by atoms with Crippen molar-refractivity contribution in [2.75, 3.05) is 4.72 Å². The average molecular weight is 239 g/mol. The first-order valence-electron chi connectivity index (χ1n) is 3.90. The molecule has 0 heterocycles. The van der Waals surface area contributed by atoms with Gasteiger partial charge in [0.05, 0.1) is 6.10 Å². The Morgan fingerprint density at radius 2 is 1.80 bits per heavy atom. The third-order valence-corrected chi connectivity index (χ3v) is 2.12.